The minimum atomic E-state index is -1.30. The monoisotopic (exact) mass is 260 g/mol. The maximum absolute atomic E-state index is 11.5. The van der Waals surface area contributed by atoms with E-state index in [1.54, 1.807) is 0 Å². The highest BCUT2D eigenvalue weighted by Crippen LogP contribution is 2.17. The van der Waals surface area contributed by atoms with Crippen molar-refractivity contribution in [3.63, 3.8) is 0 Å². The number of carbonyl (C=O) groups is 1. The van der Waals surface area contributed by atoms with E-state index in [9.17, 15) is 20.0 Å². The topological polar surface area (TPSA) is 102 Å². The van der Waals surface area contributed by atoms with Crippen molar-refractivity contribution in [2.45, 2.75) is 52.7 Å². The smallest absolute Gasteiger partial charge is 0.412 e. The minimum absolute atomic E-state index is 0.930. The third-order valence-electron chi connectivity index (χ3n) is 1.37. The summed E-state index contributed by atoms with van der Waals surface area (Å²) >= 11 is 0. The second-order valence-electron chi connectivity index (χ2n) is 5.61. The van der Waals surface area contributed by atoms with E-state index in [2.05, 4.69) is 0 Å². The van der Waals surface area contributed by atoms with Crippen molar-refractivity contribution < 1.29 is 24.3 Å². The van der Waals surface area contributed by atoms with Crippen molar-refractivity contribution in [1.29, 1.82) is 0 Å². The lowest BCUT2D eigenvalue weighted by Gasteiger charge is -2.30. The third kappa shape index (κ3) is 6.07. The number of nitrogens with zero attached hydrogens (tertiary/aromatic N) is 1. The zero-order valence-electron chi connectivity index (χ0n) is 11.4. The summed E-state index contributed by atoms with van der Waals surface area (Å²) in [5, 5.41) is 22.2. The summed E-state index contributed by atoms with van der Waals surface area (Å²) < 4.78 is 9.56. The Hall–Kier alpha value is -1.79. The molecular formula is C11H18NO6-. The second kappa shape index (κ2) is 5.24. The van der Waals surface area contributed by atoms with Gasteiger partial charge < -0.3 is 14.6 Å². The molecule has 104 valence electrons. The molecule has 0 aromatic carbocycles. The van der Waals surface area contributed by atoms with Gasteiger partial charge in [0.1, 0.15) is 11.5 Å². The van der Waals surface area contributed by atoms with Gasteiger partial charge in [0.25, 0.3) is 0 Å². The fraction of sp³-hybridized carbons (Fsp3) is 0.727. The molecule has 0 aliphatic carbocycles. The summed E-state index contributed by atoms with van der Waals surface area (Å²) in [7, 11) is 0. The molecule has 0 bridgehead atoms. The lowest BCUT2D eigenvalue weighted by atomic mass is 10.2. The van der Waals surface area contributed by atoms with Gasteiger partial charge in [0.05, 0.1) is 4.92 Å². The van der Waals surface area contributed by atoms with Gasteiger partial charge in [-0.1, -0.05) is 20.8 Å². The number of nitro groups is 1. The van der Waals surface area contributed by atoms with E-state index in [0.29, 0.717) is 0 Å². The van der Waals surface area contributed by atoms with Gasteiger partial charge in [-0.05, 0) is 20.8 Å². The van der Waals surface area contributed by atoms with Gasteiger partial charge in [-0.25, -0.2) is 4.79 Å². The van der Waals surface area contributed by atoms with Crippen LogP contribution in [-0.2, 0) is 14.3 Å². The zero-order valence-corrected chi connectivity index (χ0v) is 11.4. The summed E-state index contributed by atoms with van der Waals surface area (Å²) in [6.07, 6.45) is 0. The van der Waals surface area contributed by atoms with Crippen molar-refractivity contribution in [2.75, 3.05) is 0 Å². The van der Waals surface area contributed by atoms with Gasteiger partial charge in [0.2, 0.25) is 0 Å². The first-order valence-corrected chi connectivity index (χ1v) is 5.31. The molecule has 0 aromatic rings. The molecule has 0 aromatic heterocycles. The SMILES string of the molecule is CC(C)(C)OC(=O)/C(=C(\[O-])OC(C)(C)C)[N+](=O)[O-]. The molecule has 0 unspecified atom stereocenters. The quantitative estimate of drug-likeness (QED) is 0.246. The highest BCUT2D eigenvalue weighted by Gasteiger charge is 2.31. The molecule has 0 rings (SSSR count). The van der Waals surface area contributed by atoms with Crippen LogP contribution in [0, 0.1) is 10.1 Å². The molecule has 0 fully saturated rings. The molecule has 0 aliphatic rings. The summed E-state index contributed by atoms with van der Waals surface area (Å²) in [6, 6.07) is 0. The fourth-order valence-electron chi connectivity index (χ4n) is 0.885. The number of esters is 1. The fourth-order valence-corrected chi connectivity index (χ4v) is 0.885. The second-order valence-corrected chi connectivity index (χ2v) is 5.61. The largest absolute Gasteiger partial charge is 0.603 e. The van der Waals surface area contributed by atoms with Gasteiger partial charge in [0, 0.05) is 5.60 Å². The van der Waals surface area contributed by atoms with Gasteiger partial charge in [0.15, 0.2) is 0 Å². The first-order chi connectivity index (χ1) is 7.83. The molecule has 0 N–H and O–H groups in total. The van der Waals surface area contributed by atoms with Crippen molar-refractivity contribution in [2.24, 2.45) is 0 Å². The number of rotatable bonds is 3. The minimum Gasteiger partial charge on any atom is -0.603 e. The van der Waals surface area contributed by atoms with Crippen LogP contribution in [0.15, 0.2) is 11.6 Å². The van der Waals surface area contributed by atoms with Crippen LogP contribution in [0.2, 0.25) is 0 Å². The number of carbonyl (C=O) groups excluding carboxylic acids is 1. The number of hydrogen-bond donors (Lipinski definition) is 0. The summed E-state index contributed by atoms with van der Waals surface area (Å²) in [4.78, 5) is 21.2. The van der Waals surface area contributed by atoms with Crippen molar-refractivity contribution in [1.82, 2.24) is 0 Å². The average Bonchev–Trinajstić information content (AvgIpc) is 1.93. The number of hydrogen-bond acceptors (Lipinski definition) is 6. The highest BCUT2D eigenvalue weighted by molar-refractivity contribution is 5.86. The lowest BCUT2D eigenvalue weighted by molar-refractivity contribution is -0.455. The Morgan fingerprint density at radius 2 is 1.39 bits per heavy atom. The highest BCUT2D eigenvalue weighted by atomic mass is 16.7. The third-order valence-corrected chi connectivity index (χ3v) is 1.37. The molecule has 0 atom stereocenters. The Bertz CT molecular complexity index is 372. The van der Waals surface area contributed by atoms with E-state index in [-0.39, 0.29) is 0 Å². The Morgan fingerprint density at radius 3 is 1.67 bits per heavy atom. The van der Waals surface area contributed by atoms with Gasteiger partial charge in [-0.2, -0.15) is 0 Å². The normalized spacial score (nSPS) is 13.7. The van der Waals surface area contributed by atoms with Gasteiger partial charge in [-0.15, -0.1) is 0 Å². The van der Waals surface area contributed by atoms with Crippen LogP contribution in [0.5, 0.6) is 0 Å². The Morgan fingerprint density at radius 1 is 1.00 bits per heavy atom. The van der Waals surface area contributed by atoms with Crippen molar-refractivity contribution in [3.05, 3.63) is 21.8 Å². The first-order valence-electron chi connectivity index (χ1n) is 5.31. The molecule has 0 amide bonds. The molecule has 0 saturated carbocycles. The zero-order chi connectivity index (χ0) is 14.7. The van der Waals surface area contributed by atoms with Gasteiger partial charge >= 0.3 is 11.7 Å². The van der Waals surface area contributed by atoms with Crippen LogP contribution in [0.25, 0.3) is 0 Å². The number of ether oxygens (including phenoxy) is 2. The predicted octanol–water partition coefficient (Wildman–Crippen LogP) is 0.949. The first kappa shape index (κ1) is 16.2. The van der Waals surface area contributed by atoms with Crippen molar-refractivity contribution in [3.8, 4) is 0 Å². The maximum Gasteiger partial charge on any atom is 0.412 e. The summed E-state index contributed by atoms with van der Waals surface area (Å²) in [6.45, 7) is 9.24. The van der Waals surface area contributed by atoms with Crippen LogP contribution >= 0.6 is 0 Å². The molecule has 0 saturated heterocycles. The van der Waals surface area contributed by atoms with Crippen LogP contribution in [0.4, 0.5) is 0 Å². The standard InChI is InChI=1S/C11H19NO6/c1-10(2,3)17-8(13)7(12(15)16)9(14)18-11(4,5)6/h13H,1-6H3/p-1/b8-7-. The Labute approximate surface area is 106 Å². The van der Waals surface area contributed by atoms with E-state index in [1.807, 2.05) is 0 Å². The predicted molar refractivity (Wildman–Crippen MR) is 60.7 cm³/mol. The van der Waals surface area contributed by atoms with Gasteiger partial charge in [-0.3, -0.25) is 10.1 Å². The van der Waals surface area contributed by atoms with E-state index in [1.165, 1.54) is 41.5 Å². The summed E-state index contributed by atoms with van der Waals surface area (Å²) in [5.41, 5.74) is -3.08. The van der Waals surface area contributed by atoms with Crippen molar-refractivity contribution >= 4 is 5.97 Å². The molecule has 18 heavy (non-hydrogen) atoms. The van der Waals surface area contributed by atoms with E-state index < -0.39 is 33.7 Å². The molecular weight excluding hydrogens is 242 g/mol. The van der Waals surface area contributed by atoms with Crippen LogP contribution < -0.4 is 5.11 Å². The van der Waals surface area contributed by atoms with E-state index in [0.717, 1.165) is 0 Å². The summed E-state index contributed by atoms with van der Waals surface area (Å²) in [5.74, 6) is -2.61. The molecule has 0 heterocycles. The Kier molecular flexibility index (Phi) is 4.72. The molecule has 0 spiro atoms. The molecule has 0 aliphatic heterocycles. The average molecular weight is 260 g/mol. The molecule has 0 radical (unpaired) electrons. The Balaban J connectivity index is 5.26. The maximum atomic E-state index is 11.5. The van der Waals surface area contributed by atoms with Crippen LogP contribution in [0.3, 0.4) is 0 Å². The molecule has 7 nitrogen and oxygen atoms in total. The lowest BCUT2D eigenvalue weighted by Crippen LogP contribution is -2.32. The van der Waals surface area contributed by atoms with E-state index >= 15 is 0 Å². The van der Waals surface area contributed by atoms with E-state index in [4.69, 9.17) is 9.47 Å². The van der Waals surface area contributed by atoms with Crippen LogP contribution in [0.1, 0.15) is 41.5 Å². The molecule has 7 heteroatoms. The van der Waals surface area contributed by atoms with Crippen LogP contribution in [-0.4, -0.2) is 22.1 Å².